The van der Waals surface area contributed by atoms with Crippen molar-refractivity contribution in [3.63, 3.8) is 0 Å². The third-order valence-electron chi connectivity index (χ3n) is 5.13. The second-order valence-electron chi connectivity index (χ2n) is 6.93. The van der Waals surface area contributed by atoms with Crippen molar-refractivity contribution in [3.8, 4) is 0 Å². The monoisotopic (exact) mass is 366 g/mol. The average molecular weight is 366 g/mol. The number of rotatable bonds is 5. The number of carbonyl (C=O) groups is 2. The Kier molecular flexibility index (Phi) is 6.24. The van der Waals surface area contributed by atoms with Gasteiger partial charge in [-0.05, 0) is 29.7 Å². The summed E-state index contributed by atoms with van der Waals surface area (Å²) in [5, 5.41) is 9.16. The fourth-order valence-electron chi connectivity index (χ4n) is 3.49. The average Bonchev–Trinajstić information content (AvgIpc) is 2.87. The number of hydrogen-bond acceptors (Lipinski definition) is 3. The third-order valence-corrected chi connectivity index (χ3v) is 5.13. The fraction of sp³-hybridized carbons (Fsp3) is 0.364. The zero-order chi connectivity index (χ0) is 19.2. The molecule has 0 spiro atoms. The first-order valence-corrected chi connectivity index (χ1v) is 9.44. The molecule has 5 heteroatoms. The van der Waals surface area contributed by atoms with Crippen LogP contribution in [0.25, 0.3) is 0 Å². The largest absolute Gasteiger partial charge is 0.392 e. The van der Waals surface area contributed by atoms with Crippen molar-refractivity contribution < 1.29 is 14.7 Å². The van der Waals surface area contributed by atoms with E-state index in [-0.39, 0.29) is 24.5 Å². The van der Waals surface area contributed by atoms with Crippen LogP contribution in [0.3, 0.4) is 0 Å². The van der Waals surface area contributed by atoms with E-state index in [1.807, 2.05) is 35.2 Å². The van der Waals surface area contributed by atoms with E-state index in [2.05, 4.69) is 6.92 Å². The van der Waals surface area contributed by atoms with Gasteiger partial charge < -0.3 is 14.9 Å². The molecule has 1 heterocycles. The molecule has 0 radical (unpaired) electrons. The lowest BCUT2D eigenvalue weighted by atomic mass is 10.1. The molecular formula is C22H26N2O3. The second kappa shape index (κ2) is 8.82. The number of carbonyl (C=O) groups excluding carboxylic acids is 2. The van der Waals surface area contributed by atoms with Gasteiger partial charge in [0, 0.05) is 37.7 Å². The van der Waals surface area contributed by atoms with Crippen LogP contribution in [-0.2, 0) is 17.9 Å². The Bertz CT molecular complexity index is 774. The van der Waals surface area contributed by atoms with Crippen molar-refractivity contribution in [1.82, 2.24) is 9.80 Å². The van der Waals surface area contributed by atoms with Crippen LogP contribution in [0.15, 0.2) is 54.6 Å². The molecule has 1 atom stereocenters. The van der Waals surface area contributed by atoms with Gasteiger partial charge in [-0.3, -0.25) is 9.59 Å². The van der Waals surface area contributed by atoms with Crippen molar-refractivity contribution in [2.75, 3.05) is 13.1 Å². The zero-order valence-electron chi connectivity index (χ0n) is 15.7. The minimum absolute atomic E-state index is 0.000807. The van der Waals surface area contributed by atoms with Crippen LogP contribution in [0.4, 0.5) is 0 Å². The van der Waals surface area contributed by atoms with Crippen molar-refractivity contribution in [2.45, 2.75) is 39.0 Å². The Hall–Kier alpha value is -2.66. The molecule has 1 unspecified atom stereocenters. The van der Waals surface area contributed by atoms with Gasteiger partial charge in [0.1, 0.15) is 0 Å². The number of benzene rings is 2. The van der Waals surface area contributed by atoms with E-state index in [0.29, 0.717) is 31.6 Å². The van der Waals surface area contributed by atoms with Crippen LogP contribution >= 0.6 is 0 Å². The predicted molar refractivity (Wildman–Crippen MR) is 104 cm³/mol. The fourth-order valence-corrected chi connectivity index (χ4v) is 3.49. The molecule has 0 aromatic heterocycles. The molecule has 142 valence electrons. The van der Waals surface area contributed by atoms with E-state index in [1.54, 1.807) is 29.2 Å². The minimum atomic E-state index is -0.0627. The van der Waals surface area contributed by atoms with Crippen LogP contribution in [0.1, 0.15) is 41.3 Å². The first kappa shape index (κ1) is 19.1. The topological polar surface area (TPSA) is 60.9 Å². The van der Waals surface area contributed by atoms with Gasteiger partial charge in [0.25, 0.3) is 5.91 Å². The number of hydrogen-bond donors (Lipinski definition) is 1. The van der Waals surface area contributed by atoms with Gasteiger partial charge in [-0.1, -0.05) is 49.4 Å². The Morgan fingerprint density at radius 3 is 2.41 bits per heavy atom. The summed E-state index contributed by atoms with van der Waals surface area (Å²) in [6, 6.07) is 17.0. The predicted octanol–water partition coefficient (Wildman–Crippen LogP) is 2.83. The molecule has 0 aliphatic carbocycles. The maximum Gasteiger partial charge on any atom is 0.253 e. The molecule has 1 aliphatic rings. The molecule has 1 saturated heterocycles. The number of aliphatic hydroxyl groups is 1. The highest BCUT2D eigenvalue weighted by Crippen LogP contribution is 2.19. The van der Waals surface area contributed by atoms with Gasteiger partial charge in [-0.2, -0.15) is 0 Å². The van der Waals surface area contributed by atoms with Gasteiger partial charge in [-0.15, -0.1) is 0 Å². The number of amides is 2. The van der Waals surface area contributed by atoms with Crippen LogP contribution in [0.5, 0.6) is 0 Å². The van der Waals surface area contributed by atoms with Crippen LogP contribution in [0, 0.1) is 0 Å². The smallest absolute Gasteiger partial charge is 0.253 e. The summed E-state index contributed by atoms with van der Waals surface area (Å²) in [7, 11) is 0. The lowest BCUT2D eigenvalue weighted by Gasteiger charge is -2.31. The second-order valence-corrected chi connectivity index (χ2v) is 6.93. The molecule has 1 aliphatic heterocycles. The first-order chi connectivity index (χ1) is 13.1. The maximum absolute atomic E-state index is 12.9. The van der Waals surface area contributed by atoms with Gasteiger partial charge in [0.15, 0.2) is 0 Å². The summed E-state index contributed by atoms with van der Waals surface area (Å²) in [6.07, 6.45) is 1.13. The Morgan fingerprint density at radius 2 is 1.78 bits per heavy atom. The summed E-state index contributed by atoms with van der Waals surface area (Å²) in [5.41, 5.74) is 2.47. The summed E-state index contributed by atoms with van der Waals surface area (Å²) in [6.45, 7) is 3.56. The van der Waals surface area contributed by atoms with Crippen molar-refractivity contribution in [1.29, 1.82) is 0 Å². The zero-order valence-corrected chi connectivity index (χ0v) is 15.7. The standard InChI is InChI=1S/C22H26N2O3/c1-2-20-15-23(22(27)19-10-8-18(16-25)9-11-19)13-12-21(26)24(20)14-17-6-4-3-5-7-17/h3-11,20,25H,2,12-16H2,1H3. The highest BCUT2D eigenvalue weighted by molar-refractivity contribution is 5.94. The van der Waals surface area contributed by atoms with Gasteiger partial charge >= 0.3 is 0 Å². The Labute approximate surface area is 160 Å². The molecule has 0 saturated carbocycles. The molecule has 1 fully saturated rings. The van der Waals surface area contributed by atoms with Crippen LogP contribution in [0.2, 0.25) is 0 Å². The summed E-state index contributed by atoms with van der Waals surface area (Å²) in [4.78, 5) is 29.4. The van der Waals surface area contributed by atoms with E-state index in [9.17, 15) is 9.59 Å². The molecule has 2 amide bonds. The molecule has 3 rings (SSSR count). The molecule has 0 bridgehead atoms. The Morgan fingerprint density at radius 1 is 1.07 bits per heavy atom. The number of aliphatic hydroxyl groups excluding tert-OH is 1. The SMILES string of the molecule is CCC1CN(C(=O)c2ccc(CO)cc2)CCC(=O)N1Cc1ccccc1. The van der Waals surface area contributed by atoms with Crippen LogP contribution in [-0.4, -0.2) is 45.9 Å². The normalized spacial score (nSPS) is 17.7. The Balaban J connectivity index is 1.76. The van der Waals surface area contributed by atoms with Crippen molar-refractivity contribution in [3.05, 3.63) is 71.3 Å². The molecular weight excluding hydrogens is 340 g/mol. The lowest BCUT2D eigenvalue weighted by Crippen LogP contribution is -2.43. The van der Waals surface area contributed by atoms with Crippen molar-refractivity contribution >= 4 is 11.8 Å². The van der Waals surface area contributed by atoms with E-state index in [4.69, 9.17) is 5.11 Å². The van der Waals surface area contributed by atoms with Gasteiger partial charge in [-0.25, -0.2) is 0 Å². The summed E-state index contributed by atoms with van der Waals surface area (Å²) >= 11 is 0. The molecule has 2 aromatic rings. The molecule has 5 nitrogen and oxygen atoms in total. The molecule has 27 heavy (non-hydrogen) atoms. The highest BCUT2D eigenvalue weighted by Gasteiger charge is 2.31. The minimum Gasteiger partial charge on any atom is -0.392 e. The number of nitrogens with zero attached hydrogens (tertiary/aromatic N) is 2. The maximum atomic E-state index is 12.9. The van der Waals surface area contributed by atoms with E-state index < -0.39 is 0 Å². The first-order valence-electron chi connectivity index (χ1n) is 9.44. The molecule has 1 N–H and O–H groups in total. The van der Waals surface area contributed by atoms with Crippen LogP contribution < -0.4 is 0 Å². The van der Waals surface area contributed by atoms with E-state index in [1.165, 1.54) is 0 Å². The highest BCUT2D eigenvalue weighted by atomic mass is 16.3. The van der Waals surface area contributed by atoms with Gasteiger partial charge in [0.2, 0.25) is 5.91 Å². The van der Waals surface area contributed by atoms with E-state index in [0.717, 1.165) is 17.5 Å². The molecule has 2 aromatic carbocycles. The quantitative estimate of drug-likeness (QED) is 0.885. The van der Waals surface area contributed by atoms with Gasteiger partial charge in [0.05, 0.1) is 6.61 Å². The van der Waals surface area contributed by atoms with Crippen molar-refractivity contribution in [2.24, 2.45) is 0 Å². The lowest BCUT2D eigenvalue weighted by molar-refractivity contribution is -0.133. The summed E-state index contributed by atoms with van der Waals surface area (Å²) in [5.74, 6) is 0.0314. The summed E-state index contributed by atoms with van der Waals surface area (Å²) < 4.78 is 0. The van der Waals surface area contributed by atoms with E-state index >= 15 is 0 Å². The third kappa shape index (κ3) is 4.55.